The van der Waals surface area contributed by atoms with Gasteiger partial charge in [0.1, 0.15) is 0 Å². The Bertz CT molecular complexity index is 517. The minimum absolute atomic E-state index is 0.0924. The maximum absolute atomic E-state index is 12.2. The highest BCUT2D eigenvalue weighted by Crippen LogP contribution is 2.18. The predicted molar refractivity (Wildman–Crippen MR) is 93.5 cm³/mol. The largest absolute Gasteiger partial charge is 0.354 e. The van der Waals surface area contributed by atoms with Crippen LogP contribution in [0.25, 0.3) is 0 Å². The molecule has 2 atom stereocenters. The fourth-order valence-corrected chi connectivity index (χ4v) is 3.38. The van der Waals surface area contributed by atoms with Crippen LogP contribution in [0.1, 0.15) is 57.5 Å². The number of likely N-dealkylation sites (tertiary alicyclic amines) is 1. The second kappa shape index (κ2) is 7.95. The Morgan fingerprint density at radius 3 is 2.52 bits per heavy atom. The van der Waals surface area contributed by atoms with Gasteiger partial charge >= 0.3 is 0 Å². The highest BCUT2D eigenvalue weighted by atomic mass is 16.1. The molecule has 1 amide bonds. The molecule has 0 aliphatic carbocycles. The number of piperidine rings is 1. The molecule has 1 aromatic rings. The van der Waals surface area contributed by atoms with Crippen molar-refractivity contribution in [3.8, 4) is 0 Å². The van der Waals surface area contributed by atoms with Crippen LogP contribution >= 0.6 is 0 Å². The average Bonchev–Trinajstić information content (AvgIpc) is 2.84. The zero-order valence-electron chi connectivity index (χ0n) is 15.3. The Morgan fingerprint density at radius 2 is 1.96 bits per heavy atom. The molecule has 1 aliphatic rings. The Labute approximate surface area is 140 Å². The van der Waals surface area contributed by atoms with E-state index in [2.05, 4.69) is 36.1 Å². The molecule has 0 radical (unpaired) electrons. The van der Waals surface area contributed by atoms with Crippen LogP contribution in [-0.4, -0.2) is 46.3 Å². The van der Waals surface area contributed by atoms with E-state index in [1.807, 2.05) is 24.6 Å². The molecule has 5 heteroatoms. The van der Waals surface area contributed by atoms with Crippen molar-refractivity contribution >= 4 is 5.91 Å². The lowest BCUT2D eigenvalue weighted by Crippen LogP contribution is -2.45. The van der Waals surface area contributed by atoms with Crippen LogP contribution in [0.4, 0.5) is 0 Å². The van der Waals surface area contributed by atoms with Gasteiger partial charge in [0.2, 0.25) is 5.91 Å². The standard InChI is InChI=1S/C18H32N4O/c1-13-6-8-21(9-7-13)17(5)12-19-18(23)11-16(4)22-15(3)10-14(2)20-22/h10,13,16-17H,6-9,11-12H2,1-5H3,(H,19,23)/t16-,17+/m1/s1. The van der Waals surface area contributed by atoms with Crippen molar-refractivity contribution in [2.75, 3.05) is 19.6 Å². The summed E-state index contributed by atoms with van der Waals surface area (Å²) in [4.78, 5) is 14.7. The summed E-state index contributed by atoms with van der Waals surface area (Å²) in [6.45, 7) is 13.6. The summed E-state index contributed by atoms with van der Waals surface area (Å²) >= 11 is 0. The monoisotopic (exact) mass is 320 g/mol. The number of carbonyl (C=O) groups is 1. The normalized spacial score (nSPS) is 19.5. The molecule has 2 rings (SSSR count). The van der Waals surface area contributed by atoms with E-state index in [-0.39, 0.29) is 11.9 Å². The Balaban J connectivity index is 1.75. The third-order valence-corrected chi connectivity index (χ3v) is 4.98. The molecule has 5 nitrogen and oxygen atoms in total. The molecule has 2 heterocycles. The van der Waals surface area contributed by atoms with Crippen molar-refractivity contribution in [3.05, 3.63) is 17.5 Å². The topological polar surface area (TPSA) is 50.2 Å². The number of hydrogen-bond acceptors (Lipinski definition) is 3. The summed E-state index contributed by atoms with van der Waals surface area (Å²) in [7, 11) is 0. The first kappa shape index (κ1) is 18.0. The van der Waals surface area contributed by atoms with Crippen LogP contribution in [0.5, 0.6) is 0 Å². The molecular formula is C18H32N4O. The minimum atomic E-state index is 0.0924. The minimum Gasteiger partial charge on any atom is -0.354 e. The zero-order chi connectivity index (χ0) is 17.0. The van der Waals surface area contributed by atoms with Crippen LogP contribution in [0, 0.1) is 19.8 Å². The second-order valence-corrected chi connectivity index (χ2v) is 7.30. The lowest BCUT2D eigenvalue weighted by molar-refractivity contribution is -0.122. The highest BCUT2D eigenvalue weighted by molar-refractivity contribution is 5.76. The Kier molecular flexibility index (Phi) is 6.22. The van der Waals surface area contributed by atoms with Crippen molar-refractivity contribution in [2.45, 2.75) is 66.0 Å². The number of nitrogens with one attached hydrogen (secondary N) is 1. The van der Waals surface area contributed by atoms with E-state index in [0.717, 1.165) is 36.9 Å². The van der Waals surface area contributed by atoms with E-state index in [4.69, 9.17) is 0 Å². The van der Waals surface area contributed by atoms with Crippen LogP contribution in [-0.2, 0) is 4.79 Å². The maximum atomic E-state index is 12.2. The van der Waals surface area contributed by atoms with Gasteiger partial charge in [0, 0.05) is 24.7 Å². The smallest absolute Gasteiger partial charge is 0.222 e. The van der Waals surface area contributed by atoms with Gasteiger partial charge in [-0.25, -0.2) is 0 Å². The summed E-state index contributed by atoms with van der Waals surface area (Å²) in [5.41, 5.74) is 2.11. The summed E-state index contributed by atoms with van der Waals surface area (Å²) in [5.74, 6) is 0.955. The van der Waals surface area contributed by atoms with Crippen LogP contribution < -0.4 is 5.32 Å². The summed E-state index contributed by atoms with van der Waals surface area (Å²) < 4.78 is 1.95. The molecule has 130 valence electrons. The Morgan fingerprint density at radius 1 is 1.30 bits per heavy atom. The number of aromatic nitrogens is 2. The first-order valence-electron chi connectivity index (χ1n) is 8.90. The van der Waals surface area contributed by atoms with Crippen molar-refractivity contribution in [2.24, 2.45) is 5.92 Å². The molecule has 0 unspecified atom stereocenters. The van der Waals surface area contributed by atoms with Gasteiger partial charge in [0.15, 0.2) is 0 Å². The summed E-state index contributed by atoms with van der Waals surface area (Å²) in [6.07, 6.45) is 3.02. The number of hydrogen-bond donors (Lipinski definition) is 1. The van der Waals surface area contributed by atoms with E-state index in [1.165, 1.54) is 12.8 Å². The zero-order valence-corrected chi connectivity index (χ0v) is 15.3. The van der Waals surface area contributed by atoms with Gasteiger partial charge < -0.3 is 5.32 Å². The van der Waals surface area contributed by atoms with Crippen molar-refractivity contribution < 1.29 is 4.79 Å². The first-order valence-corrected chi connectivity index (χ1v) is 8.90. The first-order chi connectivity index (χ1) is 10.9. The lowest BCUT2D eigenvalue weighted by Gasteiger charge is -2.35. The van der Waals surface area contributed by atoms with Gasteiger partial charge in [-0.1, -0.05) is 6.92 Å². The molecule has 1 aliphatic heterocycles. The highest BCUT2D eigenvalue weighted by Gasteiger charge is 2.21. The molecule has 1 aromatic heterocycles. The molecule has 1 N–H and O–H groups in total. The molecule has 0 aromatic carbocycles. The number of nitrogens with zero attached hydrogens (tertiary/aromatic N) is 3. The van der Waals surface area contributed by atoms with Crippen LogP contribution in [0.3, 0.4) is 0 Å². The van der Waals surface area contributed by atoms with Crippen LogP contribution in [0.15, 0.2) is 6.07 Å². The molecule has 0 bridgehead atoms. The number of rotatable bonds is 6. The molecule has 0 spiro atoms. The van der Waals surface area contributed by atoms with Gasteiger partial charge in [-0.15, -0.1) is 0 Å². The van der Waals surface area contributed by atoms with E-state index in [0.29, 0.717) is 12.5 Å². The SMILES string of the molecule is Cc1cc(C)n([C@H](C)CC(=O)NC[C@H](C)N2CCC(C)CC2)n1. The van der Waals surface area contributed by atoms with E-state index in [9.17, 15) is 4.79 Å². The molecule has 23 heavy (non-hydrogen) atoms. The van der Waals surface area contributed by atoms with Crippen LogP contribution in [0.2, 0.25) is 0 Å². The number of amides is 1. The fourth-order valence-electron chi connectivity index (χ4n) is 3.38. The fraction of sp³-hybridized carbons (Fsp3) is 0.778. The lowest BCUT2D eigenvalue weighted by atomic mass is 9.98. The van der Waals surface area contributed by atoms with E-state index < -0.39 is 0 Å². The van der Waals surface area contributed by atoms with Crippen molar-refractivity contribution in [1.82, 2.24) is 20.0 Å². The third kappa shape index (κ3) is 5.06. The second-order valence-electron chi connectivity index (χ2n) is 7.30. The van der Waals surface area contributed by atoms with Gasteiger partial charge in [0.25, 0.3) is 0 Å². The summed E-state index contributed by atoms with van der Waals surface area (Å²) in [6, 6.07) is 2.55. The maximum Gasteiger partial charge on any atom is 0.222 e. The third-order valence-electron chi connectivity index (χ3n) is 4.98. The molecule has 1 fully saturated rings. The summed E-state index contributed by atoms with van der Waals surface area (Å²) in [5, 5.41) is 7.56. The quantitative estimate of drug-likeness (QED) is 0.877. The van der Waals surface area contributed by atoms with Crippen molar-refractivity contribution in [1.29, 1.82) is 0 Å². The van der Waals surface area contributed by atoms with E-state index in [1.54, 1.807) is 0 Å². The molecule has 0 saturated carbocycles. The number of aryl methyl sites for hydroxylation is 2. The van der Waals surface area contributed by atoms with Gasteiger partial charge in [-0.2, -0.15) is 5.10 Å². The van der Waals surface area contributed by atoms with E-state index >= 15 is 0 Å². The van der Waals surface area contributed by atoms with Crippen molar-refractivity contribution in [3.63, 3.8) is 0 Å². The average molecular weight is 320 g/mol. The number of carbonyl (C=O) groups excluding carboxylic acids is 1. The molecule has 1 saturated heterocycles. The predicted octanol–water partition coefficient (Wildman–Crippen LogP) is 2.69. The van der Waals surface area contributed by atoms with Gasteiger partial charge in [-0.3, -0.25) is 14.4 Å². The molecular weight excluding hydrogens is 288 g/mol. The van der Waals surface area contributed by atoms with Gasteiger partial charge in [-0.05, 0) is 65.6 Å². The van der Waals surface area contributed by atoms with Gasteiger partial charge in [0.05, 0.1) is 11.7 Å². The Hall–Kier alpha value is -1.36.